The van der Waals surface area contributed by atoms with Gasteiger partial charge in [-0.15, -0.1) is 0 Å². The zero-order chi connectivity index (χ0) is 45.5. The molecule has 10 aromatic carbocycles. The van der Waals surface area contributed by atoms with Crippen LogP contribution >= 0.6 is 0 Å². The Hall–Kier alpha value is -8.20. The minimum absolute atomic E-state index is 0.0337. The summed E-state index contributed by atoms with van der Waals surface area (Å²) in [5.41, 5.74) is 11.1. The van der Waals surface area contributed by atoms with Gasteiger partial charge in [-0.2, -0.15) is 0 Å². The van der Waals surface area contributed by atoms with Crippen LogP contribution in [0.2, 0.25) is 0 Å². The van der Waals surface area contributed by atoms with E-state index in [0.29, 0.717) is 17.7 Å². The highest BCUT2D eigenvalue weighted by Gasteiger charge is 2.46. The highest BCUT2D eigenvalue weighted by atomic mass is 15.2. The van der Waals surface area contributed by atoms with Crippen LogP contribution in [0.3, 0.4) is 0 Å². The van der Waals surface area contributed by atoms with Crippen LogP contribution in [0.4, 0.5) is 11.4 Å². The Labute approximate surface area is 383 Å². The molecule has 2 heteroatoms. The van der Waals surface area contributed by atoms with Crippen molar-refractivity contribution in [3.05, 3.63) is 276 Å². The molecular weight excluding hydrogens is 785 g/mol. The number of rotatable bonds is 7. The quantitative estimate of drug-likeness (QED) is 0.145. The van der Waals surface area contributed by atoms with Crippen LogP contribution < -0.4 is 4.90 Å². The number of para-hydroxylation sites is 2. The van der Waals surface area contributed by atoms with E-state index in [-0.39, 0.29) is 24.2 Å². The van der Waals surface area contributed by atoms with Gasteiger partial charge in [0.15, 0.2) is 0 Å². The van der Waals surface area contributed by atoms with Crippen LogP contribution in [-0.4, -0.2) is 10.6 Å². The molecule has 1 unspecified atom stereocenters. The first-order valence-electron chi connectivity index (χ1n) is 24.0. The maximum absolute atomic E-state index is 10.8. The van der Waals surface area contributed by atoms with Gasteiger partial charge in [-0.3, -0.25) is 0 Å². The molecule has 13 rings (SSSR count). The second-order valence-corrected chi connectivity index (χ2v) is 17.3. The van der Waals surface area contributed by atoms with E-state index in [9.17, 15) is 4.11 Å². The first-order valence-corrected chi connectivity index (χ1v) is 22.5. The minimum atomic E-state index is -0.924. The average Bonchev–Trinajstić information content (AvgIpc) is 3.91. The molecule has 11 aromatic rings. The molecule has 65 heavy (non-hydrogen) atoms. The Morgan fingerprint density at radius 3 is 1.80 bits per heavy atom. The number of hydrogen-bond acceptors (Lipinski definition) is 1. The lowest BCUT2D eigenvalue weighted by Crippen LogP contribution is -2.32. The number of allylic oxidation sites excluding steroid dienone is 2. The zero-order valence-corrected chi connectivity index (χ0v) is 35.6. The number of aromatic nitrogens is 1. The predicted molar refractivity (Wildman–Crippen MR) is 274 cm³/mol. The second kappa shape index (κ2) is 15.0. The number of benzene rings is 10. The number of hydrogen-bond donors (Lipinski definition) is 0. The van der Waals surface area contributed by atoms with Gasteiger partial charge in [0.2, 0.25) is 0 Å². The van der Waals surface area contributed by atoms with Gasteiger partial charge in [0.25, 0.3) is 0 Å². The normalized spacial score (nSPS) is 15.7. The third-order valence-electron chi connectivity index (χ3n) is 13.9. The lowest BCUT2D eigenvalue weighted by Gasteiger charge is -2.36. The molecule has 0 aliphatic heterocycles. The minimum Gasteiger partial charge on any atom is -0.334 e. The smallest absolute Gasteiger partial charge is 0.0714 e. The van der Waals surface area contributed by atoms with Crippen molar-refractivity contribution >= 4 is 60.3 Å². The molecular formula is C63H44N2. The van der Waals surface area contributed by atoms with E-state index in [1.54, 1.807) is 0 Å². The summed E-state index contributed by atoms with van der Waals surface area (Å²) in [6, 6.07) is 74.5. The van der Waals surface area contributed by atoms with E-state index >= 15 is 0 Å². The molecule has 0 bridgehead atoms. The topological polar surface area (TPSA) is 8.17 Å². The first-order chi connectivity index (χ1) is 33.5. The summed E-state index contributed by atoms with van der Waals surface area (Å²) in [5, 5.41) is 7.21. The molecule has 1 aromatic heterocycles. The van der Waals surface area contributed by atoms with Crippen LogP contribution in [0.1, 0.15) is 38.4 Å². The van der Waals surface area contributed by atoms with Gasteiger partial charge in [0, 0.05) is 27.8 Å². The number of nitrogens with zero attached hydrogens (tertiary/aromatic N) is 2. The van der Waals surface area contributed by atoms with Gasteiger partial charge >= 0.3 is 0 Å². The lowest BCUT2D eigenvalue weighted by atomic mass is 9.67. The fraction of sp³-hybridized carbons (Fsp3) is 0.0476. The summed E-state index contributed by atoms with van der Waals surface area (Å²) in [6.07, 6.45) is 7.41. The maximum atomic E-state index is 10.8. The standard InChI is InChI=1S/C63H44N2/c1-3-19-45(20-4-1)63(46-21-5-2-6-22-46)59-31-14-11-28-54(59)55-39-38-50(42-60(55)63)64(48-23-17-24-49(41-48)65-61-32-15-12-29-56(61)57-30-13-16-33-62(57)65)47-36-34-43(35-37-47)58-40-44-18-7-8-25-51(44)52-26-9-10-27-53(52)58/h1-36,38-42,47H,37H2/i38D,39D,42D. The third-order valence-corrected chi connectivity index (χ3v) is 13.9. The zero-order valence-electron chi connectivity index (χ0n) is 38.6. The van der Waals surface area contributed by atoms with Crippen LogP contribution in [0.15, 0.2) is 249 Å². The first kappa shape index (κ1) is 34.3. The third kappa shape index (κ3) is 5.74. The highest BCUT2D eigenvalue weighted by Crippen LogP contribution is 2.57. The molecule has 2 aliphatic rings. The maximum Gasteiger partial charge on any atom is 0.0714 e. The fourth-order valence-corrected chi connectivity index (χ4v) is 11.1. The van der Waals surface area contributed by atoms with Gasteiger partial charge in [-0.25, -0.2) is 0 Å². The Morgan fingerprint density at radius 1 is 0.477 bits per heavy atom. The largest absolute Gasteiger partial charge is 0.334 e. The van der Waals surface area contributed by atoms with E-state index in [0.717, 1.165) is 55.8 Å². The van der Waals surface area contributed by atoms with Crippen molar-refractivity contribution in [2.24, 2.45) is 0 Å². The summed E-state index contributed by atoms with van der Waals surface area (Å²) in [5.74, 6) is 0. The average molecular weight is 832 g/mol. The molecule has 0 radical (unpaired) electrons. The van der Waals surface area contributed by atoms with Crippen LogP contribution in [0, 0.1) is 0 Å². The molecule has 0 amide bonds. The molecule has 0 N–H and O–H groups in total. The summed E-state index contributed by atoms with van der Waals surface area (Å²) in [4.78, 5) is 2.19. The van der Waals surface area contributed by atoms with Gasteiger partial charge in [-0.05, 0) is 121 Å². The second-order valence-electron chi connectivity index (χ2n) is 17.3. The monoisotopic (exact) mass is 831 g/mol. The molecule has 1 heterocycles. The van der Waals surface area contributed by atoms with Gasteiger partial charge in [0.1, 0.15) is 0 Å². The molecule has 2 aliphatic carbocycles. The summed E-state index contributed by atoms with van der Waals surface area (Å²) >= 11 is 0. The van der Waals surface area contributed by atoms with Gasteiger partial charge in [-0.1, -0.05) is 200 Å². The Balaban J connectivity index is 1.06. The van der Waals surface area contributed by atoms with Crippen molar-refractivity contribution < 1.29 is 4.11 Å². The predicted octanol–water partition coefficient (Wildman–Crippen LogP) is 16.0. The van der Waals surface area contributed by atoms with E-state index in [1.165, 1.54) is 37.9 Å². The molecule has 306 valence electrons. The van der Waals surface area contributed by atoms with Crippen molar-refractivity contribution in [3.63, 3.8) is 0 Å². The van der Waals surface area contributed by atoms with Crippen molar-refractivity contribution in [2.75, 3.05) is 4.90 Å². The number of fused-ring (bicyclic) bond motifs is 9. The van der Waals surface area contributed by atoms with Crippen LogP contribution in [0.5, 0.6) is 0 Å². The molecule has 0 saturated heterocycles. The lowest BCUT2D eigenvalue weighted by molar-refractivity contribution is 0.761. The van der Waals surface area contributed by atoms with Gasteiger partial charge < -0.3 is 9.47 Å². The van der Waals surface area contributed by atoms with Crippen LogP contribution in [-0.2, 0) is 5.41 Å². The highest BCUT2D eigenvalue weighted by molar-refractivity contribution is 6.13. The molecule has 0 spiro atoms. The molecule has 1 atom stereocenters. The summed E-state index contributed by atoms with van der Waals surface area (Å²) < 4.78 is 33.3. The fourth-order valence-electron chi connectivity index (χ4n) is 11.1. The molecule has 0 saturated carbocycles. The van der Waals surface area contributed by atoms with Gasteiger partial charge in [0.05, 0.1) is 26.6 Å². The Kier molecular flexibility index (Phi) is 7.90. The molecule has 0 fully saturated rings. The number of anilines is 2. The molecule has 2 nitrogen and oxygen atoms in total. The Morgan fingerprint density at radius 2 is 1.09 bits per heavy atom. The van der Waals surface area contributed by atoms with Crippen molar-refractivity contribution in [2.45, 2.75) is 17.9 Å². The van der Waals surface area contributed by atoms with E-state index in [1.807, 2.05) is 18.2 Å². The van der Waals surface area contributed by atoms with Crippen molar-refractivity contribution in [3.8, 4) is 16.8 Å². The SMILES string of the molecule is [2H]c1c([2H])c(N(c2cccc(-n3c4ccccc4c4ccccc43)c2)C2C=CC(c3cc4ccccc4c4ccccc34)=CC2)c([2H])c2c1-c1ccccc1C2(c1ccccc1)c1ccccc1. The Bertz CT molecular complexity index is 3790. The van der Waals surface area contributed by atoms with Crippen molar-refractivity contribution in [1.29, 1.82) is 0 Å². The van der Waals surface area contributed by atoms with Crippen LogP contribution in [0.25, 0.3) is 65.7 Å². The summed E-state index contributed by atoms with van der Waals surface area (Å²) in [7, 11) is 0. The van der Waals surface area contributed by atoms with E-state index in [2.05, 4.69) is 222 Å². The van der Waals surface area contributed by atoms with E-state index in [4.69, 9.17) is 0 Å². The van der Waals surface area contributed by atoms with Crippen molar-refractivity contribution in [1.82, 2.24) is 4.57 Å². The van der Waals surface area contributed by atoms with E-state index < -0.39 is 5.41 Å². The summed E-state index contributed by atoms with van der Waals surface area (Å²) in [6.45, 7) is 0.